The van der Waals surface area contributed by atoms with E-state index in [9.17, 15) is 53.6 Å². The predicted octanol–water partition coefficient (Wildman–Crippen LogP) is 7.60. The minimum atomic E-state index is -5.14. The predicted molar refractivity (Wildman–Crippen MR) is 144 cm³/mol. The number of hydrogen-bond acceptors (Lipinski definition) is 4. The quantitative estimate of drug-likeness (QED) is 0.203. The molecule has 0 amide bonds. The van der Waals surface area contributed by atoms with E-state index in [-0.39, 0.29) is 22.3 Å². The molecular weight excluding hydrogens is 620 g/mol. The summed E-state index contributed by atoms with van der Waals surface area (Å²) in [7, 11) is -4.14. The van der Waals surface area contributed by atoms with Crippen LogP contribution < -0.4 is 5.56 Å². The Balaban J connectivity index is 1.92. The average molecular weight is 641 g/mol. The van der Waals surface area contributed by atoms with Gasteiger partial charge in [-0.05, 0) is 60.9 Å². The van der Waals surface area contributed by atoms with Gasteiger partial charge in [0.1, 0.15) is 23.3 Å². The summed E-state index contributed by atoms with van der Waals surface area (Å²) in [5, 5.41) is 8.31. The van der Waals surface area contributed by atoms with E-state index >= 15 is 0 Å². The fraction of sp³-hybridized carbons (Fsp3) is 0.200. The first kappa shape index (κ1) is 32.4. The summed E-state index contributed by atoms with van der Waals surface area (Å²) in [6, 6.07) is 11.1. The number of nitrogens with zero attached hydrogens (tertiary/aromatic N) is 2. The van der Waals surface area contributed by atoms with Crippen LogP contribution in [-0.4, -0.2) is 18.2 Å². The molecule has 14 heteroatoms. The van der Waals surface area contributed by atoms with Gasteiger partial charge >= 0.3 is 12.4 Å². The molecule has 0 radical (unpaired) electrons. The van der Waals surface area contributed by atoms with Crippen LogP contribution in [0.15, 0.2) is 76.4 Å². The Morgan fingerprint density at radius 1 is 0.818 bits per heavy atom. The molecule has 1 heterocycles. The maximum atomic E-state index is 14.5. The van der Waals surface area contributed by atoms with Gasteiger partial charge in [0.25, 0.3) is 5.56 Å². The summed E-state index contributed by atoms with van der Waals surface area (Å²) < 4.78 is 136. The highest BCUT2D eigenvalue weighted by Crippen LogP contribution is 2.37. The van der Waals surface area contributed by atoms with Gasteiger partial charge in [-0.1, -0.05) is 30.3 Å². The maximum Gasteiger partial charge on any atom is 0.417 e. The molecule has 0 fully saturated rings. The summed E-state index contributed by atoms with van der Waals surface area (Å²) in [4.78, 5) is 12.5. The normalized spacial score (nSPS) is 12.4. The summed E-state index contributed by atoms with van der Waals surface area (Å²) in [5.41, 5.74) is -6.37. The van der Waals surface area contributed by atoms with Crippen molar-refractivity contribution in [1.82, 2.24) is 4.57 Å². The molecule has 230 valence electrons. The first-order valence-corrected chi connectivity index (χ1v) is 14.1. The molecule has 0 bridgehead atoms. The molecule has 0 N–H and O–H groups in total. The largest absolute Gasteiger partial charge is 0.417 e. The Labute approximate surface area is 245 Å². The van der Waals surface area contributed by atoms with Crippen molar-refractivity contribution in [2.24, 2.45) is 0 Å². The first-order chi connectivity index (χ1) is 20.3. The fourth-order valence-corrected chi connectivity index (χ4v) is 5.52. The molecule has 0 saturated heterocycles. The van der Waals surface area contributed by atoms with Gasteiger partial charge < -0.3 is 4.57 Å². The Morgan fingerprint density at radius 2 is 1.43 bits per heavy atom. The van der Waals surface area contributed by atoms with Crippen LogP contribution >= 0.6 is 0 Å². The highest BCUT2D eigenvalue weighted by molar-refractivity contribution is 7.92. The Hall–Kier alpha value is -4.51. The number of hydrogen-bond donors (Lipinski definition) is 0. The third-order valence-corrected chi connectivity index (χ3v) is 8.89. The lowest BCUT2D eigenvalue weighted by atomic mass is 9.99. The van der Waals surface area contributed by atoms with E-state index < -0.39 is 78.5 Å². The lowest BCUT2D eigenvalue weighted by molar-refractivity contribution is -0.138. The summed E-state index contributed by atoms with van der Waals surface area (Å²) in [6.07, 6.45) is -10.0. The van der Waals surface area contributed by atoms with Crippen molar-refractivity contribution >= 4 is 9.84 Å². The van der Waals surface area contributed by atoms with E-state index in [0.717, 1.165) is 18.2 Å². The van der Waals surface area contributed by atoms with Crippen LogP contribution in [0, 0.1) is 23.0 Å². The zero-order valence-electron chi connectivity index (χ0n) is 22.7. The molecule has 0 aliphatic rings. The molecule has 4 aromatic rings. The van der Waals surface area contributed by atoms with Gasteiger partial charge in [-0.25, -0.2) is 17.2 Å². The summed E-state index contributed by atoms with van der Waals surface area (Å²) >= 11 is 0. The molecule has 5 nitrogen and oxygen atoms in total. The lowest BCUT2D eigenvalue weighted by Gasteiger charge is -2.18. The van der Waals surface area contributed by atoms with Crippen molar-refractivity contribution in [3.63, 3.8) is 0 Å². The van der Waals surface area contributed by atoms with Gasteiger partial charge in [0, 0.05) is 11.6 Å². The Kier molecular flexibility index (Phi) is 8.49. The van der Waals surface area contributed by atoms with Gasteiger partial charge in [0.2, 0.25) is 0 Å². The van der Waals surface area contributed by atoms with E-state index in [1.807, 2.05) is 0 Å². The van der Waals surface area contributed by atoms with E-state index in [0.29, 0.717) is 28.8 Å². The lowest BCUT2D eigenvalue weighted by Crippen LogP contribution is -2.29. The molecule has 1 aromatic heterocycles. The maximum absolute atomic E-state index is 14.5. The van der Waals surface area contributed by atoms with Gasteiger partial charge in [0.15, 0.2) is 9.84 Å². The van der Waals surface area contributed by atoms with E-state index in [1.54, 1.807) is 0 Å². The smallest absolute Gasteiger partial charge is 0.303 e. The second-order valence-corrected chi connectivity index (χ2v) is 12.5. The minimum absolute atomic E-state index is 0.0585. The SMILES string of the molecule is CC(C)S(=O)(=O)c1cc(-c2ccc(-c3cc(C(F)(F)F)c(C#N)c(=O)n3Cc3ccc(F)cc3F)cc2)cc(C(F)(F)F)c1. The van der Waals surface area contributed by atoms with Crippen LogP contribution in [-0.2, 0) is 28.7 Å². The minimum Gasteiger partial charge on any atom is -0.303 e. The third-order valence-electron chi connectivity index (χ3n) is 6.76. The monoisotopic (exact) mass is 640 g/mol. The Bertz CT molecular complexity index is 1960. The number of halogens is 8. The molecule has 0 atom stereocenters. The van der Waals surface area contributed by atoms with Crippen LogP contribution in [0.2, 0.25) is 0 Å². The van der Waals surface area contributed by atoms with Gasteiger partial charge in [-0.15, -0.1) is 0 Å². The summed E-state index contributed by atoms with van der Waals surface area (Å²) in [5.74, 6) is -2.05. The summed E-state index contributed by atoms with van der Waals surface area (Å²) in [6.45, 7) is 1.90. The van der Waals surface area contributed by atoms with Gasteiger partial charge in [-0.3, -0.25) is 4.79 Å². The van der Waals surface area contributed by atoms with Gasteiger partial charge in [-0.2, -0.15) is 31.6 Å². The topological polar surface area (TPSA) is 79.9 Å². The van der Waals surface area contributed by atoms with Crippen LogP contribution in [0.1, 0.15) is 36.1 Å². The molecule has 0 saturated carbocycles. The van der Waals surface area contributed by atoms with Crippen LogP contribution in [0.4, 0.5) is 35.1 Å². The Morgan fingerprint density at radius 3 is 1.95 bits per heavy atom. The van der Waals surface area contributed by atoms with E-state index in [2.05, 4.69) is 0 Å². The number of benzene rings is 3. The molecule has 44 heavy (non-hydrogen) atoms. The third kappa shape index (κ3) is 6.37. The number of rotatable bonds is 6. The zero-order valence-corrected chi connectivity index (χ0v) is 23.5. The van der Waals surface area contributed by atoms with Crippen molar-refractivity contribution in [1.29, 1.82) is 5.26 Å². The van der Waals surface area contributed by atoms with Crippen molar-refractivity contribution in [2.45, 2.75) is 42.9 Å². The van der Waals surface area contributed by atoms with Crippen molar-refractivity contribution in [2.75, 3.05) is 0 Å². The molecule has 4 rings (SSSR count). The number of sulfone groups is 1. The molecular formula is C30H20F8N2O3S. The zero-order chi connectivity index (χ0) is 32.8. The van der Waals surface area contributed by atoms with Crippen molar-refractivity contribution < 1.29 is 43.5 Å². The van der Waals surface area contributed by atoms with Crippen LogP contribution in [0.3, 0.4) is 0 Å². The highest BCUT2D eigenvalue weighted by atomic mass is 32.2. The second-order valence-electron chi connectivity index (χ2n) is 9.97. The van der Waals surface area contributed by atoms with Gasteiger partial charge in [0.05, 0.1) is 33.5 Å². The second kappa shape index (κ2) is 11.5. The number of alkyl halides is 6. The van der Waals surface area contributed by atoms with Crippen LogP contribution in [0.25, 0.3) is 22.4 Å². The van der Waals surface area contributed by atoms with Crippen LogP contribution in [0.5, 0.6) is 0 Å². The number of pyridine rings is 1. The standard InChI is InChI=1S/C30H20F8N2O3S/c1-16(2)44(42,43)23-10-20(9-21(11-23)29(33,34)35)17-3-5-18(6-4-17)27-13-25(30(36,37)38)24(14-39)28(41)40(27)15-19-7-8-22(31)12-26(19)32/h3-13,16H,15H2,1-2H3. The molecule has 3 aromatic carbocycles. The molecule has 0 aliphatic heterocycles. The first-order valence-electron chi connectivity index (χ1n) is 12.6. The molecule has 0 unspecified atom stereocenters. The molecule has 0 spiro atoms. The number of aromatic nitrogens is 1. The van der Waals surface area contributed by atoms with E-state index in [1.165, 1.54) is 44.2 Å². The van der Waals surface area contributed by atoms with Crippen molar-refractivity contribution in [3.05, 3.63) is 111 Å². The fourth-order valence-electron chi connectivity index (χ4n) is 4.39. The molecule has 0 aliphatic carbocycles. The highest BCUT2D eigenvalue weighted by Gasteiger charge is 2.37. The van der Waals surface area contributed by atoms with E-state index in [4.69, 9.17) is 0 Å². The van der Waals surface area contributed by atoms with Crippen molar-refractivity contribution in [3.8, 4) is 28.5 Å². The number of nitriles is 1. The average Bonchev–Trinajstić information content (AvgIpc) is 2.93.